The van der Waals surface area contributed by atoms with Gasteiger partial charge in [0, 0.05) is 25.6 Å². The Morgan fingerprint density at radius 1 is 1.53 bits per heavy atom. The molecule has 2 aromatic rings. The van der Waals surface area contributed by atoms with E-state index in [4.69, 9.17) is 5.73 Å². The van der Waals surface area contributed by atoms with Gasteiger partial charge in [-0.05, 0) is 19.1 Å². The summed E-state index contributed by atoms with van der Waals surface area (Å²) in [5.41, 5.74) is 7.34. The van der Waals surface area contributed by atoms with Crippen LogP contribution in [0.1, 0.15) is 12.7 Å². The monoisotopic (exact) mass is 207 g/mol. The fourth-order valence-corrected chi connectivity index (χ4v) is 1.69. The highest BCUT2D eigenvalue weighted by Crippen LogP contribution is 2.16. The summed E-state index contributed by atoms with van der Waals surface area (Å²) >= 11 is 0. The molecule has 2 rings (SSSR count). The third-order valence-electron chi connectivity index (χ3n) is 2.44. The minimum absolute atomic E-state index is 0.0605. The van der Waals surface area contributed by atoms with Gasteiger partial charge in [-0.1, -0.05) is 0 Å². The van der Waals surface area contributed by atoms with Crippen molar-refractivity contribution in [1.29, 1.82) is 0 Å². The fourth-order valence-electron chi connectivity index (χ4n) is 1.69. The largest absolute Gasteiger partial charge is 0.331 e. The van der Waals surface area contributed by atoms with E-state index >= 15 is 0 Å². The molecule has 0 saturated carbocycles. The van der Waals surface area contributed by atoms with E-state index in [0.717, 1.165) is 11.3 Å². The molecule has 1 atom stereocenters. The van der Waals surface area contributed by atoms with E-state index < -0.39 is 0 Å². The molecular formula is C11H14FN3. The Labute approximate surface area is 87.7 Å². The van der Waals surface area contributed by atoms with Crippen LogP contribution in [0.15, 0.2) is 18.2 Å². The Hall–Kier alpha value is -1.42. The molecule has 0 amide bonds. The minimum Gasteiger partial charge on any atom is -0.331 e. The smallest absolute Gasteiger partial charge is 0.125 e. The number of benzene rings is 1. The van der Waals surface area contributed by atoms with Gasteiger partial charge in [-0.3, -0.25) is 0 Å². The lowest BCUT2D eigenvalue weighted by atomic mass is 10.2. The van der Waals surface area contributed by atoms with Gasteiger partial charge in [0.15, 0.2) is 0 Å². The summed E-state index contributed by atoms with van der Waals surface area (Å²) in [4.78, 5) is 4.36. The number of fused-ring (bicyclic) bond motifs is 1. The minimum atomic E-state index is -0.257. The van der Waals surface area contributed by atoms with Crippen molar-refractivity contribution in [2.75, 3.05) is 0 Å². The van der Waals surface area contributed by atoms with Crippen molar-refractivity contribution in [1.82, 2.24) is 9.55 Å². The van der Waals surface area contributed by atoms with Crippen LogP contribution in [0.3, 0.4) is 0 Å². The van der Waals surface area contributed by atoms with E-state index in [1.165, 1.54) is 12.1 Å². The molecule has 15 heavy (non-hydrogen) atoms. The van der Waals surface area contributed by atoms with E-state index in [9.17, 15) is 4.39 Å². The summed E-state index contributed by atoms with van der Waals surface area (Å²) < 4.78 is 14.9. The predicted molar refractivity (Wildman–Crippen MR) is 58.0 cm³/mol. The molecule has 4 heteroatoms. The molecule has 80 valence electrons. The molecule has 1 unspecified atom stereocenters. The Bertz CT molecular complexity index is 488. The van der Waals surface area contributed by atoms with Crippen molar-refractivity contribution in [3.05, 3.63) is 29.8 Å². The Balaban J connectivity index is 2.54. The highest BCUT2D eigenvalue weighted by Gasteiger charge is 2.09. The number of hydrogen-bond acceptors (Lipinski definition) is 2. The van der Waals surface area contributed by atoms with Crippen molar-refractivity contribution in [2.24, 2.45) is 12.8 Å². The first-order valence-electron chi connectivity index (χ1n) is 4.94. The van der Waals surface area contributed by atoms with Gasteiger partial charge in [-0.15, -0.1) is 0 Å². The van der Waals surface area contributed by atoms with Crippen molar-refractivity contribution in [3.63, 3.8) is 0 Å². The number of hydrogen-bond donors (Lipinski definition) is 1. The molecule has 1 aromatic heterocycles. The molecule has 1 heterocycles. The molecule has 0 spiro atoms. The molecule has 0 radical (unpaired) electrons. The molecule has 0 aliphatic heterocycles. The average molecular weight is 207 g/mol. The maximum atomic E-state index is 13.0. The quantitative estimate of drug-likeness (QED) is 0.813. The van der Waals surface area contributed by atoms with E-state index in [0.29, 0.717) is 11.9 Å². The van der Waals surface area contributed by atoms with Gasteiger partial charge < -0.3 is 10.3 Å². The summed E-state index contributed by atoms with van der Waals surface area (Å²) in [6.07, 6.45) is 0.701. The van der Waals surface area contributed by atoms with Crippen LogP contribution in [0.4, 0.5) is 4.39 Å². The van der Waals surface area contributed by atoms with Crippen LogP contribution in [0.2, 0.25) is 0 Å². The van der Waals surface area contributed by atoms with Crippen LogP contribution in [-0.4, -0.2) is 15.6 Å². The van der Waals surface area contributed by atoms with Gasteiger partial charge in [0.1, 0.15) is 11.6 Å². The topological polar surface area (TPSA) is 43.8 Å². The lowest BCUT2D eigenvalue weighted by Gasteiger charge is -2.04. The van der Waals surface area contributed by atoms with Gasteiger partial charge in [-0.25, -0.2) is 9.37 Å². The number of aromatic nitrogens is 2. The van der Waals surface area contributed by atoms with Crippen molar-refractivity contribution >= 4 is 11.0 Å². The molecule has 0 fully saturated rings. The third-order valence-corrected chi connectivity index (χ3v) is 2.44. The summed E-state index contributed by atoms with van der Waals surface area (Å²) in [5, 5.41) is 0. The molecule has 1 aromatic carbocycles. The highest BCUT2D eigenvalue weighted by molar-refractivity contribution is 5.75. The van der Waals surface area contributed by atoms with Crippen LogP contribution < -0.4 is 5.73 Å². The number of aryl methyl sites for hydroxylation is 1. The van der Waals surface area contributed by atoms with Crippen LogP contribution in [0, 0.1) is 5.82 Å². The van der Waals surface area contributed by atoms with Gasteiger partial charge in [0.2, 0.25) is 0 Å². The second-order valence-corrected chi connectivity index (χ2v) is 3.90. The first-order valence-corrected chi connectivity index (χ1v) is 4.94. The lowest BCUT2D eigenvalue weighted by Crippen LogP contribution is -2.19. The summed E-state index contributed by atoms with van der Waals surface area (Å²) in [7, 11) is 1.92. The average Bonchev–Trinajstić information content (AvgIpc) is 2.42. The normalized spacial score (nSPS) is 13.3. The van der Waals surface area contributed by atoms with E-state index in [-0.39, 0.29) is 11.9 Å². The third kappa shape index (κ3) is 1.85. The highest BCUT2D eigenvalue weighted by atomic mass is 19.1. The molecule has 0 aliphatic carbocycles. The van der Waals surface area contributed by atoms with Crippen LogP contribution in [0.25, 0.3) is 11.0 Å². The van der Waals surface area contributed by atoms with Crippen molar-refractivity contribution in [3.8, 4) is 0 Å². The second kappa shape index (κ2) is 3.62. The van der Waals surface area contributed by atoms with E-state index in [2.05, 4.69) is 4.98 Å². The lowest BCUT2D eigenvalue weighted by molar-refractivity contribution is 0.629. The zero-order valence-electron chi connectivity index (χ0n) is 8.87. The second-order valence-electron chi connectivity index (χ2n) is 3.90. The molecule has 3 nitrogen and oxygen atoms in total. The SMILES string of the molecule is CC(N)Cc1nc2cc(F)ccc2n1C. The number of imidazole rings is 1. The molecular weight excluding hydrogens is 193 g/mol. The summed E-state index contributed by atoms with van der Waals surface area (Å²) in [6, 6.07) is 4.69. The zero-order chi connectivity index (χ0) is 11.0. The number of rotatable bonds is 2. The van der Waals surface area contributed by atoms with Gasteiger partial charge in [0.25, 0.3) is 0 Å². The molecule has 2 N–H and O–H groups in total. The zero-order valence-corrected chi connectivity index (χ0v) is 8.87. The Morgan fingerprint density at radius 3 is 2.93 bits per heavy atom. The Kier molecular flexibility index (Phi) is 2.44. The van der Waals surface area contributed by atoms with E-state index in [1.807, 2.05) is 18.5 Å². The van der Waals surface area contributed by atoms with Gasteiger partial charge >= 0.3 is 0 Å². The molecule has 0 aliphatic rings. The van der Waals surface area contributed by atoms with Crippen molar-refractivity contribution in [2.45, 2.75) is 19.4 Å². The number of nitrogens with two attached hydrogens (primary N) is 1. The first kappa shape index (κ1) is 10.1. The molecule has 0 bridgehead atoms. The van der Waals surface area contributed by atoms with Crippen molar-refractivity contribution < 1.29 is 4.39 Å². The maximum absolute atomic E-state index is 13.0. The van der Waals surface area contributed by atoms with Crippen LogP contribution >= 0.6 is 0 Å². The summed E-state index contributed by atoms with van der Waals surface area (Å²) in [5.74, 6) is 0.638. The molecule has 0 saturated heterocycles. The summed E-state index contributed by atoms with van der Waals surface area (Å²) in [6.45, 7) is 1.93. The van der Waals surface area contributed by atoms with Gasteiger partial charge in [-0.2, -0.15) is 0 Å². The maximum Gasteiger partial charge on any atom is 0.125 e. The van der Waals surface area contributed by atoms with E-state index in [1.54, 1.807) is 6.07 Å². The van der Waals surface area contributed by atoms with Crippen LogP contribution in [-0.2, 0) is 13.5 Å². The number of nitrogens with zero attached hydrogens (tertiary/aromatic N) is 2. The fraction of sp³-hybridized carbons (Fsp3) is 0.364. The predicted octanol–water partition coefficient (Wildman–Crippen LogP) is 1.60. The first-order chi connectivity index (χ1) is 7.08. The standard InChI is InChI=1S/C11H14FN3/c1-7(13)5-11-14-9-6-8(12)3-4-10(9)15(11)2/h3-4,6-7H,5,13H2,1-2H3. The number of halogens is 1. The van der Waals surface area contributed by atoms with Gasteiger partial charge in [0.05, 0.1) is 11.0 Å². The van der Waals surface area contributed by atoms with Crippen LogP contribution in [0.5, 0.6) is 0 Å². The Morgan fingerprint density at radius 2 is 2.27 bits per heavy atom.